The molecule has 0 bridgehead atoms. The number of carbonyl (C=O) groups is 1. The van der Waals surface area contributed by atoms with Gasteiger partial charge in [-0.2, -0.15) is 0 Å². The predicted molar refractivity (Wildman–Crippen MR) is 77.9 cm³/mol. The third-order valence-electron chi connectivity index (χ3n) is 2.82. The number of ether oxygens (including phenoxy) is 1. The number of nitrogens with one attached hydrogen (secondary N) is 1. The quantitative estimate of drug-likeness (QED) is 0.785. The standard InChI is InChI=1S/C16H18N2O2/c1-2-20-15-7-5-14(6-8-15)16(19)12-18-11-13-4-3-9-17-10-13/h3-10,18H,2,11-12H2,1H3. The number of rotatable bonds is 7. The topological polar surface area (TPSA) is 51.2 Å². The summed E-state index contributed by atoms with van der Waals surface area (Å²) in [6.45, 7) is 3.50. The number of hydrogen-bond acceptors (Lipinski definition) is 4. The Labute approximate surface area is 118 Å². The monoisotopic (exact) mass is 270 g/mol. The van der Waals surface area contributed by atoms with Crippen LogP contribution in [0, 0.1) is 0 Å². The van der Waals surface area contributed by atoms with Gasteiger partial charge >= 0.3 is 0 Å². The van der Waals surface area contributed by atoms with Crippen LogP contribution >= 0.6 is 0 Å². The van der Waals surface area contributed by atoms with Gasteiger partial charge in [-0.1, -0.05) is 6.07 Å². The average Bonchev–Trinajstić information content (AvgIpc) is 2.49. The fraction of sp³-hybridized carbons (Fsp3) is 0.250. The summed E-state index contributed by atoms with van der Waals surface area (Å²) < 4.78 is 5.35. The number of aromatic nitrogens is 1. The summed E-state index contributed by atoms with van der Waals surface area (Å²) in [6.07, 6.45) is 3.52. The van der Waals surface area contributed by atoms with Gasteiger partial charge in [0.25, 0.3) is 0 Å². The van der Waals surface area contributed by atoms with Crippen molar-refractivity contribution in [3.63, 3.8) is 0 Å². The van der Waals surface area contributed by atoms with Crippen LogP contribution in [0.15, 0.2) is 48.8 Å². The van der Waals surface area contributed by atoms with Gasteiger partial charge in [0.15, 0.2) is 5.78 Å². The molecule has 0 aliphatic rings. The third kappa shape index (κ3) is 4.17. The molecule has 0 amide bonds. The fourth-order valence-electron chi connectivity index (χ4n) is 1.83. The largest absolute Gasteiger partial charge is 0.494 e. The molecule has 4 heteroatoms. The Morgan fingerprint density at radius 2 is 2.05 bits per heavy atom. The molecule has 0 saturated heterocycles. The van der Waals surface area contributed by atoms with Gasteiger partial charge in [0.2, 0.25) is 0 Å². The maximum absolute atomic E-state index is 12.0. The van der Waals surface area contributed by atoms with Crippen LogP contribution in [0.3, 0.4) is 0 Å². The molecule has 2 aromatic rings. The molecule has 0 aliphatic carbocycles. The molecular weight excluding hydrogens is 252 g/mol. The molecule has 0 unspecified atom stereocenters. The van der Waals surface area contributed by atoms with Crippen LogP contribution in [0.2, 0.25) is 0 Å². The second-order valence-corrected chi connectivity index (χ2v) is 4.35. The minimum absolute atomic E-state index is 0.0666. The highest BCUT2D eigenvalue weighted by molar-refractivity contribution is 5.97. The molecule has 1 aromatic heterocycles. The van der Waals surface area contributed by atoms with E-state index in [-0.39, 0.29) is 5.78 Å². The molecule has 2 rings (SSSR count). The lowest BCUT2D eigenvalue weighted by molar-refractivity contribution is 0.0991. The van der Waals surface area contributed by atoms with Crippen LogP contribution in [0.25, 0.3) is 0 Å². The molecular formula is C16H18N2O2. The Morgan fingerprint density at radius 3 is 2.70 bits per heavy atom. The maximum Gasteiger partial charge on any atom is 0.176 e. The fourth-order valence-corrected chi connectivity index (χ4v) is 1.83. The SMILES string of the molecule is CCOc1ccc(C(=O)CNCc2cccnc2)cc1. The van der Waals surface area contributed by atoms with Gasteiger partial charge in [-0.05, 0) is 42.8 Å². The molecule has 0 aliphatic heterocycles. The first kappa shape index (κ1) is 14.2. The number of nitrogens with zero attached hydrogens (tertiary/aromatic N) is 1. The highest BCUT2D eigenvalue weighted by atomic mass is 16.5. The van der Waals surface area contributed by atoms with Crippen LogP contribution in [0.5, 0.6) is 5.75 Å². The van der Waals surface area contributed by atoms with Gasteiger partial charge in [0.1, 0.15) is 5.75 Å². The average molecular weight is 270 g/mol. The van der Waals surface area contributed by atoms with Gasteiger partial charge in [0, 0.05) is 24.5 Å². The Kier molecular flexibility index (Phi) is 5.26. The molecule has 20 heavy (non-hydrogen) atoms. The van der Waals surface area contributed by atoms with E-state index in [9.17, 15) is 4.79 Å². The molecule has 1 N–H and O–H groups in total. The highest BCUT2D eigenvalue weighted by Gasteiger charge is 2.05. The molecule has 0 radical (unpaired) electrons. The van der Waals surface area contributed by atoms with Crippen molar-refractivity contribution in [2.75, 3.05) is 13.2 Å². The van der Waals surface area contributed by atoms with E-state index in [2.05, 4.69) is 10.3 Å². The molecule has 0 spiro atoms. The summed E-state index contributed by atoms with van der Waals surface area (Å²) in [6, 6.07) is 11.1. The summed E-state index contributed by atoms with van der Waals surface area (Å²) in [7, 11) is 0. The van der Waals surface area contributed by atoms with Crippen LogP contribution in [0.1, 0.15) is 22.8 Å². The van der Waals surface area contributed by atoms with Crippen LogP contribution in [-0.4, -0.2) is 23.9 Å². The second kappa shape index (κ2) is 7.40. The second-order valence-electron chi connectivity index (χ2n) is 4.35. The van der Waals surface area contributed by atoms with E-state index in [1.165, 1.54) is 0 Å². The molecule has 0 atom stereocenters. The number of carbonyl (C=O) groups excluding carboxylic acids is 1. The molecule has 0 fully saturated rings. The van der Waals surface area contributed by atoms with E-state index < -0.39 is 0 Å². The Morgan fingerprint density at radius 1 is 1.25 bits per heavy atom. The van der Waals surface area contributed by atoms with Crippen molar-refractivity contribution in [2.24, 2.45) is 0 Å². The zero-order chi connectivity index (χ0) is 14.2. The van der Waals surface area contributed by atoms with Gasteiger partial charge in [-0.3, -0.25) is 9.78 Å². The van der Waals surface area contributed by atoms with Crippen molar-refractivity contribution >= 4 is 5.78 Å². The van der Waals surface area contributed by atoms with Gasteiger partial charge in [-0.15, -0.1) is 0 Å². The summed E-state index contributed by atoms with van der Waals surface area (Å²) in [5.74, 6) is 0.851. The van der Waals surface area contributed by atoms with Crippen LogP contribution < -0.4 is 10.1 Å². The Bertz CT molecular complexity index is 538. The van der Waals surface area contributed by atoms with Crippen molar-refractivity contribution in [1.29, 1.82) is 0 Å². The smallest absolute Gasteiger partial charge is 0.176 e. The first-order valence-corrected chi connectivity index (χ1v) is 6.65. The highest BCUT2D eigenvalue weighted by Crippen LogP contribution is 2.12. The summed E-state index contributed by atoms with van der Waals surface area (Å²) in [4.78, 5) is 16.0. The van der Waals surface area contributed by atoms with Crippen molar-refractivity contribution in [3.8, 4) is 5.75 Å². The van der Waals surface area contributed by atoms with E-state index in [4.69, 9.17) is 4.74 Å². The molecule has 0 saturated carbocycles. The van der Waals surface area contributed by atoms with E-state index >= 15 is 0 Å². The first-order valence-electron chi connectivity index (χ1n) is 6.65. The lowest BCUT2D eigenvalue weighted by Gasteiger charge is -2.06. The molecule has 104 valence electrons. The molecule has 1 heterocycles. The number of benzene rings is 1. The number of hydrogen-bond donors (Lipinski definition) is 1. The number of pyridine rings is 1. The minimum atomic E-state index is 0.0666. The predicted octanol–water partition coefficient (Wildman–Crippen LogP) is 2.45. The number of ketones is 1. The van der Waals surface area contributed by atoms with E-state index in [0.717, 1.165) is 11.3 Å². The lowest BCUT2D eigenvalue weighted by Crippen LogP contribution is -2.22. The van der Waals surface area contributed by atoms with Gasteiger partial charge in [-0.25, -0.2) is 0 Å². The maximum atomic E-state index is 12.0. The van der Waals surface area contributed by atoms with Crippen molar-refractivity contribution in [2.45, 2.75) is 13.5 Å². The first-order chi connectivity index (χ1) is 9.79. The van der Waals surface area contributed by atoms with Crippen LogP contribution in [0.4, 0.5) is 0 Å². The zero-order valence-corrected chi connectivity index (χ0v) is 11.5. The van der Waals surface area contributed by atoms with Crippen molar-refractivity contribution in [3.05, 3.63) is 59.9 Å². The van der Waals surface area contributed by atoms with Crippen LogP contribution in [-0.2, 0) is 6.54 Å². The van der Waals surface area contributed by atoms with E-state index in [0.29, 0.717) is 25.3 Å². The molecule has 1 aromatic carbocycles. The number of Topliss-reactive ketones (excluding diaryl/α,β-unsaturated/α-hetero) is 1. The normalized spacial score (nSPS) is 10.2. The summed E-state index contributed by atoms with van der Waals surface area (Å²) in [5, 5.41) is 3.12. The van der Waals surface area contributed by atoms with E-state index in [1.807, 2.05) is 31.2 Å². The summed E-state index contributed by atoms with van der Waals surface area (Å²) >= 11 is 0. The Balaban J connectivity index is 1.82. The van der Waals surface area contributed by atoms with Crippen molar-refractivity contribution < 1.29 is 9.53 Å². The minimum Gasteiger partial charge on any atom is -0.494 e. The summed E-state index contributed by atoms with van der Waals surface area (Å²) in [5.41, 5.74) is 1.75. The zero-order valence-electron chi connectivity index (χ0n) is 11.5. The van der Waals surface area contributed by atoms with Crippen molar-refractivity contribution in [1.82, 2.24) is 10.3 Å². The van der Waals surface area contributed by atoms with Gasteiger partial charge in [0.05, 0.1) is 13.2 Å². The third-order valence-corrected chi connectivity index (χ3v) is 2.82. The van der Waals surface area contributed by atoms with E-state index in [1.54, 1.807) is 24.5 Å². The molecule has 4 nitrogen and oxygen atoms in total. The van der Waals surface area contributed by atoms with Gasteiger partial charge < -0.3 is 10.1 Å². The Hall–Kier alpha value is -2.20. The lowest BCUT2D eigenvalue weighted by atomic mass is 10.1.